The van der Waals surface area contributed by atoms with Gasteiger partial charge in [-0.25, -0.2) is 4.39 Å². The molecule has 8 nitrogen and oxygen atoms in total. The zero-order valence-corrected chi connectivity index (χ0v) is 21.1. The van der Waals surface area contributed by atoms with Crippen molar-refractivity contribution >= 4 is 39.5 Å². The number of hydrogen-bond donors (Lipinski definition) is 3. The Balaban J connectivity index is 1.39. The van der Waals surface area contributed by atoms with Crippen molar-refractivity contribution in [3.8, 4) is 22.5 Å². The van der Waals surface area contributed by atoms with E-state index in [1.165, 1.54) is 18.6 Å². The number of anilines is 2. The van der Waals surface area contributed by atoms with Gasteiger partial charge in [0, 0.05) is 41.2 Å². The van der Waals surface area contributed by atoms with Crippen LogP contribution < -0.4 is 10.6 Å². The van der Waals surface area contributed by atoms with Crippen LogP contribution in [0.15, 0.2) is 79.9 Å². The fraction of sp³-hybridized carbons (Fsp3) is 0.100. The topological polar surface area (TPSA) is 108 Å². The van der Waals surface area contributed by atoms with Crippen LogP contribution in [0.1, 0.15) is 31.0 Å². The van der Waals surface area contributed by atoms with Crippen LogP contribution in [0.3, 0.4) is 0 Å². The van der Waals surface area contributed by atoms with E-state index < -0.39 is 5.82 Å². The molecule has 3 N–H and O–H groups in total. The minimum absolute atomic E-state index is 0.109. The van der Waals surface area contributed by atoms with Crippen LogP contribution in [0.2, 0.25) is 0 Å². The molecule has 192 valence electrons. The minimum Gasteiger partial charge on any atom is -0.353 e. The third-order valence-electron chi connectivity index (χ3n) is 6.49. The number of benzene rings is 1. The second-order valence-corrected chi connectivity index (χ2v) is 9.19. The van der Waals surface area contributed by atoms with E-state index in [0.717, 1.165) is 34.5 Å². The molecule has 0 bridgehead atoms. The Morgan fingerprint density at radius 3 is 2.79 bits per heavy atom. The van der Waals surface area contributed by atoms with Crippen molar-refractivity contribution in [1.82, 2.24) is 25.1 Å². The van der Waals surface area contributed by atoms with Gasteiger partial charge in [0.05, 0.1) is 40.4 Å². The minimum atomic E-state index is -0.545. The average Bonchev–Trinajstić information content (AvgIpc) is 3.39. The largest absolute Gasteiger partial charge is 0.353 e. The summed E-state index contributed by atoms with van der Waals surface area (Å²) in [5, 5.41) is 13.8. The van der Waals surface area contributed by atoms with Crippen LogP contribution in [0.4, 0.5) is 15.8 Å². The molecule has 1 aliphatic rings. The lowest BCUT2D eigenvalue weighted by Gasteiger charge is -2.23. The number of halogens is 1. The molecule has 5 heterocycles. The van der Waals surface area contributed by atoms with Gasteiger partial charge < -0.3 is 10.6 Å². The van der Waals surface area contributed by atoms with Gasteiger partial charge in [0.15, 0.2) is 5.82 Å². The van der Waals surface area contributed by atoms with Crippen molar-refractivity contribution in [2.75, 3.05) is 10.6 Å². The molecule has 0 saturated heterocycles. The summed E-state index contributed by atoms with van der Waals surface area (Å²) >= 11 is 0. The molecule has 9 heteroatoms. The number of allylic oxidation sites excluding steroid dienone is 2. The van der Waals surface area contributed by atoms with E-state index in [-0.39, 0.29) is 17.0 Å². The molecular weight excluding hydrogens is 493 g/mol. The lowest BCUT2D eigenvalue weighted by atomic mass is 9.92. The van der Waals surface area contributed by atoms with Crippen LogP contribution in [0.5, 0.6) is 0 Å². The number of carbonyl (C=O) groups excluding carboxylic acids is 1. The van der Waals surface area contributed by atoms with Crippen LogP contribution in [-0.2, 0) is 4.79 Å². The number of pyridine rings is 3. The number of H-pyrrole nitrogens is 1. The highest BCUT2D eigenvalue weighted by Crippen LogP contribution is 2.41. The van der Waals surface area contributed by atoms with Crippen LogP contribution in [-0.4, -0.2) is 31.1 Å². The first-order chi connectivity index (χ1) is 19.0. The molecule has 0 saturated carbocycles. The second kappa shape index (κ2) is 9.94. The summed E-state index contributed by atoms with van der Waals surface area (Å²) in [5.74, 6) is -0.670. The Labute approximate surface area is 223 Å². The number of rotatable bonds is 6. The van der Waals surface area contributed by atoms with E-state index in [4.69, 9.17) is 0 Å². The zero-order valence-electron chi connectivity index (χ0n) is 21.1. The molecule has 0 aliphatic carbocycles. The Bertz CT molecular complexity index is 1780. The predicted molar refractivity (Wildman–Crippen MR) is 151 cm³/mol. The first kappa shape index (κ1) is 24.2. The zero-order chi connectivity index (χ0) is 26.9. The van der Waals surface area contributed by atoms with Crippen molar-refractivity contribution in [2.24, 2.45) is 0 Å². The van der Waals surface area contributed by atoms with Gasteiger partial charge >= 0.3 is 0 Å². The van der Waals surface area contributed by atoms with Crippen molar-refractivity contribution in [3.05, 3.63) is 97.0 Å². The molecule has 0 fully saturated rings. The molecule has 1 aromatic carbocycles. The molecule has 1 amide bonds. The van der Waals surface area contributed by atoms with Crippen LogP contribution in [0, 0.1) is 5.82 Å². The van der Waals surface area contributed by atoms with E-state index in [1.807, 2.05) is 49.4 Å². The van der Waals surface area contributed by atoms with E-state index in [1.54, 1.807) is 12.3 Å². The predicted octanol–water partition coefficient (Wildman–Crippen LogP) is 6.44. The lowest BCUT2D eigenvalue weighted by molar-refractivity contribution is -0.116. The number of hydrogen-bond acceptors (Lipinski definition) is 6. The number of amides is 1. The van der Waals surface area contributed by atoms with Gasteiger partial charge in [0.1, 0.15) is 11.4 Å². The van der Waals surface area contributed by atoms with Crippen LogP contribution in [0.25, 0.3) is 44.7 Å². The van der Waals surface area contributed by atoms with E-state index in [0.29, 0.717) is 34.6 Å². The summed E-state index contributed by atoms with van der Waals surface area (Å²) in [6.45, 7) is 6.21. The summed E-state index contributed by atoms with van der Waals surface area (Å²) in [5.41, 5.74) is 6.78. The fourth-order valence-electron chi connectivity index (χ4n) is 4.75. The smallest absolute Gasteiger partial charge is 0.224 e. The number of aromatic amines is 1. The maximum atomic E-state index is 16.1. The van der Waals surface area contributed by atoms with Crippen LogP contribution >= 0.6 is 0 Å². The standard InChI is InChI=1S/C30H24FN7O/c1-3-7-25(39)35-19-13-18(14-32-15-19)29-28(31)27-24(16-34-29)37-38-30(27)23-12-17(2)26-20(8-6-10-22(26)36-23)21-9-4-5-11-33-21/h4-6,8-16,36H,2-3,7H2,1H3,(H,35,39)(H,37,38). The monoisotopic (exact) mass is 517 g/mol. The summed E-state index contributed by atoms with van der Waals surface area (Å²) in [6.07, 6.45) is 9.30. The quantitative estimate of drug-likeness (QED) is 0.239. The van der Waals surface area contributed by atoms with Gasteiger partial charge in [-0.15, -0.1) is 0 Å². The normalized spacial score (nSPS) is 12.6. The number of carbonyl (C=O) groups is 1. The molecule has 0 atom stereocenters. The highest BCUT2D eigenvalue weighted by molar-refractivity contribution is 6.04. The maximum absolute atomic E-state index is 16.1. The van der Waals surface area contributed by atoms with Crippen molar-refractivity contribution in [3.63, 3.8) is 0 Å². The van der Waals surface area contributed by atoms with E-state index in [2.05, 4.69) is 42.4 Å². The lowest BCUT2D eigenvalue weighted by Crippen LogP contribution is -2.10. The molecule has 4 aromatic heterocycles. The highest BCUT2D eigenvalue weighted by atomic mass is 19.1. The maximum Gasteiger partial charge on any atom is 0.224 e. The Morgan fingerprint density at radius 2 is 1.97 bits per heavy atom. The summed E-state index contributed by atoms with van der Waals surface area (Å²) in [6, 6.07) is 13.3. The molecule has 0 spiro atoms. The number of nitrogens with zero attached hydrogens (tertiary/aromatic N) is 4. The van der Waals surface area contributed by atoms with Gasteiger partial charge in [0.25, 0.3) is 0 Å². The fourth-order valence-corrected chi connectivity index (χ4v) is 4.75. The summed E-state index contributed by atoms with van der Waals surface area (Å²) in [7, 11) is 0. The molecule has 0 radical (unpaired) electrons. The van der Waals surface area contributed by atoms with Crippen molar-refractivity contribution < 1.29 is 9.18 Å². The third kappa shape index (κ3) is 4.44. The van der Waals surface area contributed by atoms with Gasteiger partial charge in [-0.3, -0.25) is 24.8 Å². The number of nitrogens with one attached hydrogen (secondary N) is 3. The SMILES string of the molecule is C=C1C=C(c2n[nH]c3cnc(-c4cncc(NC(=O)CCC)c4)c(F)c23)Nc2cccc(-c3ccccn3)c21. The Morgan fingerprint density at radius 1 is 1.08 bits per heavy atom. The van der Waals surface area contributed by atoms with E-state index >= 15 is 4.39 Å². The van der Waals surface area contributed by atoms with Gasteiger partial charge in [-0.1, -0.05) is 31.7 Å². The first-order valence-electron chi connectivity index (χ1n) is 12.5. The van der Waals surface area contributed by atoms with E-state index in [9.17, 15) is 4.79 Å². The summed E-state index contributed by atoms with van der Waals surface area (Å²) in [4.78, 5) is 25.0. The molecule has 6 rings (SSSR count). The van der Waals surface area contributed by atoms with Gasteiger partial charge in [0.2, 0.25) is 5.91 Å². The summed E-state index contributed by atoms with van der Waals surface area (Å²) < 4.78 is 16.1. The van der Waals surface area contributed by atoms with Gasteiger partial charge in [-0.05, 0) is 42.3 Å². The number of aromatic nitrogens is 5. The Kier molecular flexibility index (Phi) is 6.16. The Hall–Kier alpha value is -5.18. The van der Waals surface area contributed by atoms with Gasteiger partial charge in [-0.2, -0.15) is 5.10 Å². The molecule has 0 unspecified atom stereocenters. The molecule has 39 heavy (non-hydrogen) atoms. The third-order valence-corrected chi connectivity index (χ3v) is 6.49. The first-order valence-corrected chi connectivity index (χ1v) is 12.5. The van der Waals surface area contributed by atoms with Crippen molar-refractivity contribution in [1.29, 1.82) is 0 Å². The van der Waals surface area contributed by atoms with Crippen molar-refractivity contribution in [2.45, 2.75) is 19.8 Å². The highest BCUT2D eigenvalue weighted by Gasteiger charge is 2.24. The second-order valence-electron chi connectivity index (χ2n) is 9.19. The number of fused-ring (bicyclic) bond motifs is 2. The molecule has 5 aromatic rings. The molecular formula is C30H24FN7O. The average molecular weight is 518 g/mol. The molecule has 1 aliphatic heterocycles.